The van der Waals surface area contributed by atoms with Crippen LogP contribution in [0.1, 0.15) is 41.7 Å². The molecule has 7 heteroatoms. The third-order valence-electron chi connectivity index (χ3n) is 4.96. The predicted octanol–water partition coefficient (Wildman–Crippen LogP) is 0.909. The van der Waals surface area contributed by atoms with Crippen molar-refractivity contribution in [2.75, 3.05) is 25.5 Å². The van der Waals surface area contributed by atoms with Crippen molar-refractivity contribution in [1.29, 1.82) is 0 Å². The summed E-state index contributed by atoms with van der Waals surface area (Å²) in [5.41, 5.74) is 1.86. The molecule has 0 saturated heterocycles. The number of hydrogen-bond donors (Lipinski definition) is 4. The van der Waals surface area contributed by atoms with Gasteiger partial charge in [-0.05, 0) is 37.5 Å². The van der Waals surface area contributed by atoms with E-state index in [4.69, 9.17) is 0 Å². The molecule has 30 heavy (non-hydrogen) atoms. The highest BCUT2D eigenvalue weighted by atomic mass is 16.2. The third-order valence-corrected chi connectivity index (χ3v) is 4.96. The minimum Gasteiger partial charge on any atom is -0.348 e. The minimum absolute atomic E-state index is 0.0440. The van der Waals surface area contributed by atoms with Crippen molar-refractivity contribution in [2.24, 2.45) is 0 Å². The summed E-state index contributed by atoms with van der Waals surface area (Å²) < 4.78 is 0. The van der Waals surface area contributed by atoms with Crippen LogP contribution in [0.4, 0.5) is 5.69 Å². The Labute approximate surface area is 176 Å². The van der Waals surface area contributed by atoms with E-state index in [1.54, 1.807) is 31.3 Å². The van der Waals surface area contributed by atoms with Gasteiger partial charge in [-0.3, -0.25) is 14.4 Å². The number of carbonyl (C=O) groups excluding carboxylic acids is 3. The summed E-state index contributed by atoms with van der Waals surface area (Å²) in [5.74, 6) is -0.549. The lowest BCUT2D eigenvalue weighted by atomic mass is 10.1. The Kier molecular flexibility index (Phi) is 7.19. The van der Waals surface area contributed by atoms with Gasteiger partial charge in [0.2, 0.25) is 0 Å². The Morgan fingerprint density at radius 2 is 1.60 bits per heavy atom. The van der Waals surface area contributed by atoms with Crippen LogP contribution in [0.15, 0.2) is 54.6 Å². The van der Waals surface area contributed by atoms with Gasteiger partial charge in [-0.1, -0.05) is 42.5 Å². The molecule has 0 heterocycles. The highest BCUT2D eigenvalue weighted by Gasteiger charge is 2.25. The van der Waals surface area contributed by atoms with E-state index >= 15 is 0 Å². The Balaban J connectivity index is 1.56. The number of benzene rings is 2. The van der Waals surface area contributed by atoms with E-state index in [2.05, 4.69) is 16.0 Å². The first-order chi connectivity index (χ1) is 14.4. The van der Waals surface area contributed by atoms with E-state index in [1.165, 1.54) is 0 Å². The van der Waals surface area contributed by atoms with Crippen LogP contribution in [-0.4, -0.2) is 43.9 Å². The second-order valence-electron chi connectivity index (χ2n) is 7.85. The van der Waals surface area contributed by atoms with Crippen LogP contribution >= 0.6 is 0 Å². The molecule has 1 fully saturated rings. The molecule has 3 rings (SSSR count). The van der Waals surface area contributed by atoms with E-state index in [1.807, 2.05) is 37.3 Å². The number of quaternary nitrogens is 1. The van der Waals surface area contributed by atoms with Gasteiger partial charge in [0.1, 0.15) is 0 Å². The van der Waals surface area contributed by atoms with Crippen LogP contribution in [0.2, 0.25) is 0 Å². The molecule has 0 radical (unpaired) electrons. The Bertz CT molecular complexity index is 896. The van der Waals surface area contributed by atoms with Crippen LogP contribution in [0, 0.1) is 0 Å². The molecule has 0 aliphatic heterocycles. The SMILES string of the molecule is C[C@@H](NC(=O)c1ccccc1NC(=O)C[NH+](C)CC(=O)NC1CC1)c1ccccc1. The van der Waals surface area contributed by atoms with Crippen LogP contribution in [0.3, 0.4) is 0 Å². The zero-order valence-corrected chi connectivity index (χ0v) is 17.4. The standard InChI is InChI=1S/C23H28N4O3/c1-16(17-8-4-3-5-9-17)24-23(30)19-10-6-7-11-20(19)26-22(29)15-27(2)14-21(28)25-18-12-13-18/h3-11,16,18H,12-15H2,1-2H3,(H,24,30)(H,25,28)(H,26,29)/p+1/t16-/m1/s1. The van der Waals surface area contributed by atoms with Crippen LogP contribution in [0.5, 0.6) is 0 Å². The molecule has 0 bridgehead atoms. The molecule has 1 saturated carbocycles. The van der Waals surface area contributed by atoms with E-state index in [0.29, 0.717) is 17.3 Å². The average Bonchev–Trinajstić information content (AvgIpc) is 3.52. The fourth-order valence-electron chi connectivity index (χ4n) is 3.20. The zero-order chi connectivity index (χ0) is 21.5. The first kappa shape index (κ1) is 21.5. The molecule has 2 aromatic carbocycles. The van der Waals surface area contributed by atoms with Crippen molar-refractivity contribution in [3.05, 3.63) is 65.7 Å². The molecule has 158 valence electrons. The highest BCUT2D eigenvalue weighted by Crippen LogP contribution is 2.18. The molecule has 3 amide bonds. The van der Waals surface area contributed by atoms with Gasteiger partial charge in [-0.15, -0.1) is 0 Å². The summed E-state index contributed by atoms with van der Waals surface area (Å²) >= 11 is 0. The highest BCUT2D eigenvalue weighted by molar-refractivity contribution is 6.04. The van der Waals surface area contributed by atoms with Crippen LogP contribution in [-0.2, 0) is 9.59 Å². The van der Waals surface area contributed by atoms with Crippen LogP contribution < -0.4 is 20.9 Å². The molecule has 4 N–H and O–H groups in total. The van der Waals surface area contributed by atoms with E-state index < -0.39 is 0 Å². The molecule has 1 aliphatic carbocycles. The molecule has 0 spiro atoms. The van der Waals surface area contributed by atoms with Gasteiger partial charge < -0.3 is 20.9 Å². The number of para-hydroxylation sites is 1. The molecule has 1 unspecified atom stereocenters. The average molecular weight is 410 g/mol. The molecular weight excluding hydrogens is 380 g/mol. The Morgan fingerprint density at radius 3 is 2.30 bits per heavy atom. The number of amides is 3. The number of rotatable bonds is 9. The number of likely N-dealkylation sites (N-methyl/N-ethyl adjacent to an activating group) is 1. The summed E-state index contributed by atoms with van der Waals surface area (Å²) in [6.45, 7) is 2.29. The topological polar surface area (TPSA) is 91.7 Å². The van der Waals surface area contributed by atoms with Crippen molar-refractivity contribution in [3.63, 3.8) is 0 Å². The van der Waals surface area contributed by atoms with Crippen LogP contribution in [0.25, 0.3) is 0 Å². The maximum Gasteiger partial charge on any atom is 0.279 e. The number of hydrogen-bond acceptors (Lipinski definition) is 3. The molecular formula is C23H29N4O3+. The number of nitrogens with one attached hydrogen (secondary N) is 4. The fraction of sp³-hybridized carbons (Fsp3) is 0.348. The van der Waals surface area contributed by atoms with Gasteiger partial charge in [0.25, 0.3) is 17.7 Å². The summed E-state index contributed by atoms with van der Waals surface area (Å²) in [7, 11) is 1.80. The lowest BCUT2D eigenvalue weighted by Gasteiger charge is -2.17. The zero-order valence-electron chi connectivity index (χ0n) is 17.4. The van der Waals surface area contributed by atoms with Gasteiger partial charge in [0.15, 0.2) is 13.1 Å². The van der Waals surface area contributed by atoms with Crippen molar-refractivity contribution in [1.82, 2.24) is 10.6 Å². The smallest absolute Gasteiger partial charge is 0.279 e. The lowest BCUT2D eigenvalue weighted by molar-refractivity contribution is -0.862. The molecule has 7 nitrogen and oxygen atoms in total. The number of carbonyl (C=O) groups is 3. The Hall–Kier alpha value is -3.19. The number of anilines is 1. The molecule has 2 atom stereocenters. The summed E-state index contributed by atoms with van der Waals surface area (Å²) in [6.07, 6.45) is 2.07. The minimum atomic E-state index is -0.258. The van der Waals surface area contributed by atoms with Gasteiger partial charge >= 0.3 is 0 Å². The van der Waals surface area contributed by atoms with E-state index in [9.17, 15) is 14.4 Å². The maximum absolute atomic E-state index is 12.8. The predicted molar refractivity (Wildman–Crippen MR) is 115 cm³/mol. The lowest BCUT2D eigenvalue weighted by Crippen LogP contribution is -3.11. The van der Waals surface area contributed by atoms with Crippen molar-refractivity contribution in [2.45, 2.75) is 31.8 Å². The first-order valence-electron chi connectivity index (χ1n) is 10.3. The molecule has 0 aromatic heterocycles. The molecule has 1 aliphatic rings. The second-order valence-corrected chi connectivity index (χ2v) is 7.85. The summed E-state index contributed by atoms with van der Waals surface area (Å²) in [6, 6.07) is 16.8. The summed E-state index contributed by atoms with van der Waals surface area (Å²) in [4.78, 5) is 37.9. The van der Waals surface area contributed by atoms with Gasteiger partial charge in [-0.25, -0.2) is 0 Å². The Morgan fingerprint density at radius 1 is 0.967 bits per heavy atom. The normalized spacial score (nSPS) is 15.0. The van der Waals surface area contributed by atoms with Gasteiger partial charge in [-0.2, -0.15) is 0 Å². The summed E-state index contributed by atoms with van der Waals surface area (Å²) in [5, 5.41) is 8.70. The molecule has 2 aromatic rings. The van der Waals surface area contributed by atoms with E-state index in [0.717, 1.165) is 23.3 Å². The third kappa shape index (κ3) is 6.42. The fourth-order valence-corrected chi connectivity index (χ4v) is 3.20. The van der Waals surface area contributed by atoms with E-state index in [-0.39, 0.29) is 36.9 Å². The van der Waals surface area contributed by atoms with Gasteiger partial charge in [0, 0.05) is 6.04 Å². The second kappa shape index (κ2) is 10.0. The van der Waals surface area contributed by atoms with Gasteiger partial charge in [0.05, 0.1) is 24.3 Å². The quantitative estimate of drug-likeness (QED) is 0.496. The first-order valence-corrected chi connectivity index (χ1v) is 10.3. The largest absolute Gasteiger partial charge is 0.348 e. The van der Waals surface area contributed by atoms with Crippen molar-refractivity contribution in [3.8, 4) is 0 Å². The van der Waals surface area contributed by atoms with Crippen molar-refractivity contribution >= 4 is 23.4 Å². The van der Waals surface area contributed by atoms with Crippen molar-refractivity contribution < 1.29 is 19.3 Å². The monoisotopic (exact) mass is 409 g/mol. The maximum atomic E-state index is 12.8.